The van der Waals surface area contributed by atoms with Gasteiger partial charge in [-0.3, -0.25) is 0 Å². The maximum Gasteiger partial charge on any atom is 0.0921 e. The molecule has 3 nitrogen and oxygen atoms in total. The molecule has 1 aromatic carbocycles. The van der Waals surface area contributed by atoms with Crippen molar-refractivity contribution in [2.75, 3.05) is 18.5 Å². The van der Waals surface area contributed by atoms with E-state index in [0.29, 0.717) is 0 Å². The van der Waals surface area contributed by atoms with Gasteiger partial charge in [-0.1, -0.05) is 17.7 Å². The fourth-order valence-corrected chi connectivity index (χ4v) is 1.74. The molecule has 0 radical (unpaired) electrons. The van der Waals surface area contributed by atoms with E-state index >= 15 is 0 Å². The molecule has 0 spiro atoms. The fraction of sp³-hybridized carbons (Fsp3) is 0.250. The Balaban J connectivity index is 1.95. The lowest BCUT2D eigenvalue weighted by atomic mass is 10.2. The molecule has 1 heterocycles. The number of rotatable bonds is 4. The van der Waals surface area contributed by atoms with Crippen LogP contribution < -0.4 is 4.90 Å². The van der Waals surface area contributed by atoms with Crippen molar-refractivity contribution in [1.29, 1.82) is 0 Å². The number of H-pyrrole nitrogens is 1. The number of benzene rings is 1. The van der Waals surface area contributed by atoms with Gasteiger partial charge in [-0.2, -0.15) is 0 Å². The summed E-state index contributed by atoms with van der Waals surface area (Å²) in [5.41, 5.74) is 2.28. The van der Waals surface area contributed by atoms with Crippen molar-refractivity contribution in [2.24, 2.45) is 0 Å². The summed E-state index contributed by atoms with van der Waals surface area (Å²) >= 11 is 5.95. The molecule has 1 aromatic heterocycles. The molecule has 0 unspecified atom stereocenters. The van der Waals surface area contributed by atoms with Crippen molar-refractivity contribution >= 4 is 17.3 Å². The monoisotopic (exact) mass is 235 g/mol. The zero-order valence-corrected chi connectivity index (χ0v) is 9.91. The molecule has 0 aliphatic rings. The van der Waals surface area contributed by atoms with E-state index in [9.17, 15) is 0 Å². The standard InChI is InChI=1S/C12H14ClN3/c1-16(6-5-11-8-14-9-15-11)12-4-2-3-10(13)7-12/h2-4,7-9H,5-6H2,1H3,(H,14,15). The molecule has 0 amide bonds. The number of nitrogens with one attached hydrogen (secondary N) is 1. The maximum atomic E-state index is 5.95. The molecule has 0 bridgehead atoms. The average molecular weight is 236 g/mol. The topological polar surface area (TPSA) is 31.9 Å². The van der Waals surface area contributed by atoms with Crippen molar-refractivity contribution in [3.05, 3.63) is 47.5 Å². The van der Waals surface area contributed by atoms with Crippen LogP contribution in [0.2, 0.25) is 5.02 Å². The van der Waals surface area contributed by atoms with Gasteiger partial charge in [-0.05, 0) is 18.2 Å². The summed E-state index contributed by atoms with van der Waals surface area (Å²) in [5, 5.41) is 0.769. The Kier molecular flexibility index (Phi) is 3.47. The van der Waals surface area contributed by atoms with Gasteiger partial charge in [0.1, 0.15) is 0 Å². The highest BCUT2D eigenvalue weighted by atomic mass is 35.5. The molecule has 0 saturated carbocycles. The van der Waals surface area contributed by atoms with Gasteiger partial charge >= 0.3 is 0 Å². The van der Waals surface area contributed by atoms with E-state index in [0.717, 1.165) is 29.4 Å². The molecule has 1 N–H and O–H groups in total. The van der Waals surface area contributed by atoms with Crippen LogP contribution in [0.3, 0.4) is 0 Å². The number of hydrogen-bond donors (Lipinski definition) is 1. The normalized spacial score (nSPS) is 10.4. The van der Waals surface area contributed by atoms with Gasteiger partial charge in [0.15, 0.2) is 0 Å². The number of aromatic amines is 1. The van der Waals surface area contributed by atoms with Crippen LogP contribution in [0.1, 0.15) is 5.69 Å². The van der Waals surface area contributed by atoms with Gasteiger partial charge in [-0.15, -0.1) is 0 Å². The second kappa shape index (κ2) is 5.03. The summed E-state index contributed by atoms with van der Waals surface area (Å²) in [6.45, 7) is 0.933. The molecule has 2 aromatic rings. The number of likely N-dealkylation sites (N-methyl/N-ethyl adjacent to an activating group) is 1. The van der Waals surface area contributed by atoms with Crippen molar-refractivity contribution in [3.8, 4) is 0 Å². The second-order valence-electron chi connectivity index (χ2n) is 3.73. The van der Waals surface area contributed by atoms with Crippen LogP contribution in [0.25, 0.3) is 0 Å². The summed E-state index contributed by atoms with van der Waals surface area (Å²) in [6, 6.07) is 7.87. The lowest BCUT2D eigenvalue weighted by Gasteiger charge is -2.18. The third-order valence-corrected chi connectivity index (χ3v) is 2.76. The van der Waals surface area contributed by atoms with E-state index in [1.54, 1.807) is 6.33 Å². The number of hydrogen-bond acceptors (Lipinski definition) is 2. The number of halogens is 1. The lowest BCUT2D eigenvalue weighted by molar-refractivity contribution is 0.858. The fourth-order valence-electron chi connectivity index (χ4n) is 1.55. The molecular weight excluding hydrogens is 222 g/mol. The van der Waals surface area contributed by atoms with Gasteiger partial charge in [0.05, 0.1) is 6.33 Å². The Morgan fingerprint density at radius 1 is 1.44 bits per heavy atom. The Bertz CT molecular complexity index is 439. The first-order valence-corrected chi connectivity index (χ1v) is 5.57. The summed E-state index contributed by atoms with van der Waals surface area (Å²) in [7, 11) is 2.06. The third-order valence-electron chi connectivity index (χ3n) is 2.52. The summed E-state index contributed by atoms with van der Waals surface area (Å²) in [5.74, 6) is 0. The molecular formula is C12H14ClN3. The minimum Gasteiger partial charge on any atom is -0.374 e. The molecule has 0 aliphatic heterocycles. The van der Waals surface area contributed by atoms with Crippen LogP contribution in [0.15, 0.2) is 36.8 Å². The maximum absolute atomic E-state index is 5.95. The molecule has 84 valence electrons. The minimum absolute atomic E-state index is 0.769. The average Bonchev–Trinajstić information content (AvgIpc) is 2.78. The molecule has 2 rings (SSSR count). The number of aromatic nitrogens is 2. The zero-order valence-electron chi connectivity index (χ0n) is 9.15. The number of imidazole rings is 1. The van der Waals surface area contributed by atoms with Crippen LogP contribution in [0, 0.1) is 0 Å². The van der Waals surface area contributed by atoms with Gasteiger partial charge < -0.3 is 9.88 Å². The van der Waals surface area contributed by atoms with E-state index in [4.69, 9.17) is 11.6 Å². The SMILES string of the molecule is CN(CCc1cnc[nH]1)c1cccc(Cl)c1. The van der Waals surface area contributed by atoms with Crippen molar-refractivity contribution in [1.82, 2.24) is 9.97 Å². The van der Waals surface area contributed by atoms with Crippen molar-refractivity contribution in [3.63, 3.8) is 0 Å². The first kappa shape index (κ1) is 11.0. The van der Waals surface area contributed by atoms with Crippen LogP contribution in [0.4, 0.5) is 5.69 Å². The zero-order chi connectivity index (χ0) is 11.4. The highest BCUT2D eigenvalue weighted by molar-refractivity contribution is 6.30. The minimum atomic E-state index is 0.769. The quantitative estimate of drug-likeness (QED) is 0.884. The first-order chi connectivity index (χ1) is 7.75. The van der Waals surface area contributed by atoms with Gasteiger partial charge in [0.25, 0.3) is 0 Å². The molecule has 0 fully saturated rings. The third kappa shape index (κ3) is 2.76. The second-order valence-corrected chi connectivity index (χ2v) is 4.16. The Morgan fingerprint density at radius 2 is 2.31 bits per heavy atom. The largest absolute Gasteiger partial charge is 0.374 e. The molecule has 0 saturated heterocycles. The highest BCUT2D eigenvalue weighted by Gasteiger charge is 2.02. The lowest BCUT2D eigenvalue weighted by Crippen LogP contribution is -2.20. The van der Waals surface area contributed by atoms with Crippen LogP contribution in [0.5, 0.6) is 0 Å². The summed E-state index contributed by atoms with van der Waals surface area (Å²) in [6.07, 6.45) is 4.50. The van der Waals surface area contributed by atoms with E-state index in [1.165, 1.54) is 0 Å². The van der Waals surface area contributed by atoms with E-state index in [-0.39, 0.29) is 0 Å². The van der Waals surface area contributed by atoms with E-state index < -0.39 is 0 Å². The molecule has 0 aliphatic carbocycles. The van der Waals surface area contributed by atoms with Crippen molar-refractivity contribution < 1.29 is 0 Å². The van der Waals surface area contributed by atoms with Crippen LogP contribution in [-0.2, 0) is 6.42 Å². The summed E-state index contributed by atoms with van der Waals surface area (Å²) in [4.78, 5) is 9.26. The summed E-state index contributed by atoms with van der Waals surface area (Å²) < 4.78 is 0. The highest BCUT2D eigenvalue weighted by Crippen LogP contribution is 2.18. The Labute approximate surface area is 100 Å². The number of anilines is 1. The predicted octanol–water partition coefficient (Wildman–Crippen LogP) is 2.74. The van der Waals surface area contributed by atoms with Crippen LogP contribution in [-0.4, -0.2) is 23.6 Å². The first-order valence-electron chi connectivity index (χ1n) is 5.19. The molecule has 4 heteroatoms. The number of nitrogens with zero attached hydrogens (tertiary/aromatic N) is 2. The van der Waals surface area contributed by atoms with E-state index in [1.807, 2.05) is 24.4 Å². The Morgan fingerprint density at radius 3 is 3.00 bits per heavy atom. The van der Waals surface area contributed by atoms with E-state index in [2.05, 4.69) is 28.0 Å². The molecule has 16 heavy (non-hydrogen) atoms. The van der Waals surface area contributed by atoms with Crippen molar-refractivity contribution in [2.45, 2.75) is 6.42 Å². The van der Waals surface area contributed by atoms with Gasteiger partial charge in [0, 0.05) is 42.6 Å². The smallest absolute Gasteiger partial charge is 0.0921 e. The van der Waals surface area contributed by atoms with Gasteiger partial charge in [0.2, 0.25) is 0 Å². The Hall–Kier alpha value is -1.48. The van der Waals surface area contributed by atoms with Crippen LogP contribution >= 0.6 is 11.6 Å². The molecule has 0 atom stereocenters. The van der Waals surface area contributed by atoms with Gasteiger partial charge in [-0.25, -0.2) is 4.98 Å². The predicted molar refractivity (Wildman–Crippen MR) is 67.0 cm³/mol.